The molecule has 1 N–H and O–H groups in total. The number of nitrogens with one attached hydrogen (secondary N) is 1. The highest BCUT2D eigenvalue weighted by molar-refractivity contribution is 7.91. The first-order valence-electron chi connectivity index (χ1n) is 7.25. The van der Waals surface area contributed by atoms with E-state index in [1.165, 1.54) is 6.26 Å². The van der Waals surface area contributed by atoms with Crippen molar-refractivity contribution in [3.63, 3.8) is 0 Å². The van der Waals surface area contributed by atoms with Gasteiger partial charge in [-0.05, 0) is 45.0 Å². The fraction of sp³-hybridized carbons (Fsp3) is 0.500. The maximum Gasteiger partial charge on any atom is 0.152 e. The number of sulfone groups is 1. The average molecular weight is 309 g/mol. The second-order valence-corrected chi connectivity index (χ2v) is 8.06. The van der Waals surface area contributed by atoms with Crippen molar-refractivity contribution in [2.75, 3.05) is 12.8 Å². The molecule has 0 aliphatic rings. The molecule has 0 aliphatic carbocycles. The summed E-state index contributed by atoms with van der Waals surface area (Å²) < 4.78 is 29.7. The van der Waals surface area contributed by atoms with Crippen molar-refractivity contribution in [2.24, 2.45) is 0 Å². The van der Waals surface area contributed by atoms with Crippen molar-refractivity contribution < 1.29 is 12.8 Å². The van der Waals surface area contributed by atoms with E-state index in [2.05, 4.69) is 12.2 Å². The lowest BCUT2D eigenvalue weighted by molar-refractivity contribution is 0.417. The lowest BCUT2D eigenvalue weighted by Gasteiger charge is -2.21. The van der Waals surface area contributed by atoms with E-state index in [1.807, 2.05) is 31.2 Å². The Hall–Kier alpha value is -1.33. The van der Waals surface area contributed by atoms with Gasteiger partial charge in [-0.3, -0.25) is 0 Å². The Morgan fingerprint density at radius 3 is 2.62 bits per heavy atom. The molecule has 4 nitrogen and oxygen atoms in total. The zero-order valence-corrected chi connectivity index (χ0v) is 13.8. The zero-order chi connectivity index (χ0) is 15.6. The van der Waals surface area contributed by atoms with Gasteiger partial charge in [0.1, 0.15) is 11.3 Å². The van der Waals surface area contributed by atoms with Gasteiger partial charge in [-0.1, -0.05) is 18.6 Å². The molecule has 2 rings (SSSR count). The SMILES string of the molecule is CCCNC(c1cc2cc(C)ccc2o1)C(C)S(C)(=O)=O. The van der Waals surface area contributed by atoms with Crippen LogP contribution in [0.25, 0.3) is 11.0 Å². The molecule has 1 aromatic carbocycles. The molecular weight excluding hydrogens is 286 g/mol. The molecule has 0 saturated heterocycles. The third-order valence-electron chi connectivity index (χ3n) is 3.76. The molecule has 0 saturated carbocycles. The maximum absolute atomic E-state index is 11.9. The molecule has 5 heteroatoms. The van der Waals surface area contributed by atoms with Crippen LogP contribution >= 0.6 is 0 Å². The van der Waals surface area contributed by atoms with Crippen molar-refractivity contribution in [1.82, 2.24) is 5.32 Å². The average Bonchev–Trinajstić information content (AvgIpc) is 2.80. The minimum absolute atomic E-state index is 0.326. The van der Waals surface area contributed by atoms with E-state index in [0.717, 1.165) is 29.5 Å². The molecule has 116 valence electrons. The van der Waals surface area contributed by atoms with E-state index in [0.29, 0.717) is 5.76 Å². The van der Waals surface area contributed by atoms with Crippen LogP contribution in [-0.2, 0) is 9.84 Å². The summed E-state index contributed by atoms with van der Waals surface area (Å²) in [6, 6.07) is 7.58. The van der Waals surface area contributed by atoms with Crippen molar-refractivity contribution in [3.05, 3.63) is 35.6 Å². The summed E-state index contributed by atoms with van der Waals surface area (Å²) in [4.78, 5) is 0. The number of aryl methyl sites for hydroxylation is 1. The van der Waals surface area contributed by atoms with Gasteiger partial charge in [0.05, 0.1) is 11.3 Å². The predicted molar refractivity (Wildman–Crippen MR) is 86.3 cm³/mol. The van der Waals surface area contributed by atoms with Crippen LogP contribution in [0.15, 0.2) is 28.7 Å². The molecule has 0 amide bonds. The monoisotopic (exact) mass is 309 g/mol. The fourth-order valence-electron chi connectivity index (χ4n) is 2.38. The second kappa shape index (κ2) is 6.20. The highest BCUT2D eigenvalue weighted by Crippen LogP contribution is 2.28. The Morgan fingerprint density at radius 2 is 2.00 bits per heavy atom. The van der Waals surface area contributed by atoms with Crippen molar-refractivity contribution in [3.8, 4) is 0 Å². The summed E-state index contributed by atoms with van der Waals surface area (Å²) in [5.41, 5.74) is 1.95. The van der Waals surface area contributed by atoms with Gasteiger partial charge in [0, 0.05) is 11.6 Å². The largest absolute Gasteiger partial charge is 0.459 e. The topological polar surface area (TPSA) is 59.3 Å². The Labute approximate surface area is 126 Å². The Kier molecular flexibility index (Phi) is 4.74. The van der Waals surface area contributed by atoms with Gasteiger partial charge in [-0.2, -0.15) is 0 Å². The first kappa shape index (κ1) is 16.0. The molecule has 0 bridgehead atoms. The second-order valence-electron chi connectivity index (χ2n) is 5.66. The molecule has 0 radical (unpaired) electrons. The lowest BCUT2D eigenvalue weighted by atomic mass is 10.1. The van der Waals surface area contributed by atoms with E-state index in [4.69, 9.17) is 4.42 Å². The van der Waals surface area contributed by atoms with Crippen LogP contribution in [0.2, 0.25) is 0 Å². The minimum atomic E-state index is -3.15. The first-order valence-corrected chi connectivity index (χ1v) is 9.20. The fourth-order valence-corrected chi connectivity index (χ4v) is 3.11. The molecule has 0 fully saturated rings. The molecule has 0 aliphatic heterocycles. The van der Waals surface area contributed by atoms with Crippen LogP contribution in [0.4, 0.5) is 0 Å². The smallest absolute Gasteiger partial charge is 0.152 e. The number of hydrogen-bond acceptors (Lipinski definition) is 4. The summed E-state index contributed by atoms with van der Waals surface area (Å²) in [5, 5.41) is 3.77. The van der Waals surface area contributed by atoms with Crippen molar-refractivity contribution in [1.29, 1.82) is 0 Å². The van der Waals surface area contributed by atoms with Gasteiger partial charge in [0.2, 0.25) is 0 Å². The van der Waals surface area contributed by atoms with Crippen molar-refractivity contribution in [2.45, 2.75) is 38.5 Å². The minimum Gasteiger partial charge on any atom is -0.459 e. The molecule has 1 aromatic heterocycles. The number of rotatable bonds is 6. The van der Waals surface area contributed by atoms with E-state index < -0.39 is 15.1 Å². The summed E-state index contributed by atoms with van der Waals surface area (Å²) in [6.07, 6.45) is 2.21. The number of fused-ring (bicyclic) bond motifs is 1. The summed E-state index contributed by atoms with van der Waals surface area (Å²) >= 11 is 0. The molecule has 21 heavy (non-hydrogen) atoms. The molecule has 2 atom stereocenters. The van der Waals surface area contributed by atoms with Gasteiger partial charge in [0.15, 0.2) is 9.84 Å². The van der Waals surface area contributed by atoms with E-state index in [1.54, 1.807) is 6.92 Å². The summed E-state index contributed by atoms with van der Waals surface area (Å²) in [7, 11) is -3.15. The maximum atomic E-state index is 11.9. The molecule has 2 aromatic rings. The van der Waals surface area contributed by atoms with E-state index in [-0.39, 0.29) is 6.04 Å². The normalized spacial score (nSPS) is 15.2. The van der Waals surface area contributed by atoms with E-state index >= 15 is 0 Å². The van der Waals surface area contributed by atoms with Gasteiger partial charge in [-0.15, -0.1) is 0 Å². The van der Waals surface area contributed by atoms with Crippen LogP contribution in [0.3, 0.4) is 0 Å². The molecule has 2 unspecified atom stereocenters. The third-order valence-corrected chi connectivity index (χ3v) is 5.38. The quantitative estimate of drug-likeness (QED) is 0.890. The Bertz CT molecular complexity index is 718. The van der Waals surface area contributed by atoms with Crippen molar-refractivity contribution >= 4 is 20.8 Å². The number of benzene rings is 1. The predicted octanol–water partition coefficient (Wildman–Crippen LogP) is 3.22. The standard InChI is InChI=1S/C16H23NO3S/c1-5-8-17-16(12(3)21(4,18)19)15-10-13-9-11(2)6-7-14(13)20-15/h6-7,9-10,12,16-17H,5,8H2,1-4H3. The molecule has 0 spiro atoms. The highest BCUT2D eigenvalue weighted by Gasteiger charge is 2.29. The number of furan rings is 1. The molecular formula is C16H23NO3S. The summed E-state index contributed by atoms with van der Waals surface area (Å²) in [5.74, 6) is 0.682. The van der Waals surface area contributed by atoms with Crippen LogP contribution in [0.5, 0.6) is 0 Å². The van der Waals surface area contributed by atoms with E-state index in [9.17, 15) is 8.42 Å². The van der Waals surface area contributed by atoms with Gasteiger partial charge < -0.3 is 9.73 Å². The lowest BCUT2D eigenvalue weighted by Crippen LogP contribution is -2.35. The van der Waals surface area contributed by atoms with Crippen LogP contribution < -0.4 is 5.32 Å². The van der Waals surface area contributed by atoms with Gasteiger partial charge >= 0.3 is 0 Å². The van der Waals surface area contributed by atoms with Crippen LogP contribution in [0.1, 0.15) is 37.6 Å². The van der Waals surface area contributed by atoms with Gasteiger partial charge in [-0.25, -0.2) is 8.42 Å². The van der Waals surface area contributed by atoms with Crippen LogP contribution in [0, 0.1) is 6.92 Å². The Balaban J connectivity index is 2.42. The molecule has 1 heterocycles. The summed E-state index contributed by atoms with van der Waals surface area (Å²) in [6.45, 7) is 6.55. The Morgan fingerprint density at radius 1 is 1.29 bits per heavy atom. The third kappa shape index (κ3) is 3.66. The van der Waals surface area contributed by atoms with Gasteiger partial charge in [0.25, 0.3) is 0 Å². The number of hydrogen-bond donors (Lipinski definition) is 1. The van der Waals surface area contributed by atoms with Crippen LogP contribution in [-0.4, -0.2) is 26.5 Å². The first-order chi connectivity index (χ1) is 9.82. The highest BCUT2D eigenvalue weighted by atomic mass is 32.2. The zero-order valence-electron chi connectivity index (χ0n) is 13.0.